The number of nitriles is 2. The summed E-state index contributed by atoms with van der Waals surface area (Å²) in [6.45, 7) is 1.83. The van der Waals surface area contributed by atoms with Gasteiger partial charge in [0.05, 0.1) is 30.5 Å². The second-order valence-electron chi connectivity index (χ2n) is 6.79. The van der Waals surface area contributed by atoms with Crippen molar-refractivity contribution in [3.05, 3.63) is 76.2 Å². The maximum atomic E-state index is 13.1. The summed E-state index contributed by atoms with van der Waals surface area (Å²) in [5.41, 5.74) is 4.60. The number of ether oxygens (including phenoxy) is 1. The van der Waals surface area contributed by atoms with E-state index in [2.05, 4.69) is 11.2 Å². The van der Waals surface area contributed by atoms with Gasteiger partial charge in [0.2, 0.25) is 5.65 Å². The Bertz CT molecular complexity index is 1380. The van der Waals surface area contributed by atoms with E-state index in [1.165, 1.54) is 11.5 Å². The lowest BCUT2D eigenvalue weighted by molar-refractivity contribution is 0.417. The van der Waals surface area contributed by atoms with E-state index in [9.17, 15) is 4.79 Å². The van der Waals surface area contributed by atoms with Crippen molar-refractivity contribution < 1.29 is 4.74 Å². The van der Waals surface area contributed by atoms with Crippen molar-refractivity contribution >= 4 is 5.65 Å². The van der Waals surface area contributed by atoms with Crippen LogP contribution >= 0.6 is 0 Å². The molecule has 146 valence electrons. The standard InChI is InChI=1S/C23H17N5O2/c1-15-3-7-18(8-4-15)21-19(17-9-5-16(14-25)6-10-17)13-20(30-2)22-26-27(12-11-24)23(29)28(21)22/h3-10,13H,12H2,1-2H3. The summed E-state index contributed by atoms with van der Waals surface area (Å²) in [6.07, 6.45) is 0. The molecule has 2 aromatic heterocycles. The molecule has 30 heavy (non-hydrogen) atoms. The van der Waals surface area contributed by atoms with Gasteiger partial charge in [-0.15, -0.1) is 5.10 Å². The quantitative estimate of drug-likeness (QED) is 0.527. The first-order chi connectivity index (χ1) is 14.6. The molecule has 0 bridgehead atoms. The summed E-state index contributed by atoms with van der Waals surface area (Å²) >= 11 is 0. The summed E-state index contributed by atoms with van der Waals surface area (Å²) in [7, 11) is 1.51. The lowest BCUT2D eigenvalue weighted by Gasteiger charge is -2.15. The van der Waals surface area contributed by atoms with E-state index in [0.29, 0.717) is 22.7 Å². The van der Waals surface area contributed by atoms with Crippen LogP contribution in [0.4, 0.5) is 0 Å². The third-order valence-electron chi connectivity index (χ3n) is 4.90. The fourth-order valence-corrected chi connectivity index (χ4v) is 3.41. The molecule has 7 heteroatoms. The molecule has 4 rings (SSSR count). The van der Waals surface area contributed by atoms with E-state index >= 15 is 0 Å². The Morgan fingerprint density at radius 2 is 1.70 bits per heavy atom. The molecule has 0 N–H and O–H groups in total. The molecule has 0 fully saturated rings. The predicted octanol–water partition coefficient (Wildman–Crippen LogP) is 3.54. The zero-order valence-electron chi connectivity index (χ0n) is 16.5. The summed E-state index contributed by atoms with van der Waals surface area (Å²) < 4.78 is 8.12. The first-order valence-corrected chi connectivity index (χ1v) is 9.22. The van der Waals surface area contributed by atoms with Crippen LogP contribution in [0.3, 0.4) is 0 Å². The molecule has 0 saturated carbocycles. The van der Waals surface area contributed by atoms with Gasteiger partial charge < -0.3 is 4.74 Å². The Kier molecular flexibility index (Phi) is 4.79. The van der Waals surface area contributed by atoms with Crippen LogP contribution < -0.4 is 10.4 Å². The van der Waals surface area contributed by atoms with Crippen molar-refractivity contribution in [2.75, 3.05) is 7.11 Å². The van der Waals surface area contributed by atoms with Crippen molar-refractivity contribution in [2.24, 2.45) is 0 Å². The zero-order chi connectivity index (χ0) is 21.3. The number of aromatic nitrogens is 3. The first kappa shape index (κ1) is 19.0. The van der Waals surface area contributed by atoms with Gasteiger partial charge >= 0.3 is 5.69 Å². The highest BCUT2D eigenvalue weighted by Crippen LogP contribution is 2.36. The first-order valence-electron chi connectivity index (χ1n) is 9.22. The van der Waals surface area contributed by atoms with E-state index in [1.807, 2.05) is 55.5 Å². The molecule has 0 amide bonds. The van der Waals surface area contributed by atoms with Gasteiger partial charge in [0.15, 0.2) is 5.75 Å². The van der Waals surface area contributed by atoms with Crippen LogP contribution in [0.25, 0.3) is 28.0 Å². The largest absolute Gasteiger partial charge is 0.493 e. The van der Waals surface area contributed by atoms with Crippen LogP contribution in [-0.2, 0) is 6.54 Å². The SMILES string of the molecule is COc1cc(-c2ccc(C#N)cc2)c(-c2ccc(C)cc2)n2c(=O)n(CC#N)nc12. The van der Waals surface area contributed by atoms with E-state index in [1.54, 1.807) is 12.1 Å². The summed E-state index contributed by atoms with van der Waals surface area (Å²) in [4.78, 5) is 13.1. The van der Waals surface area contributed by atoms with Crippen LogP contribution in [0.15, 0.2) is 59.4 Å². The van der Waals surface area contributed by atoms with Gasteiger partial charge in [0.1, 0.15) is 6.54 Å². The minimum atomic E-state index is -0.420. The summed E-state index contributed by atoms with van der Waals surface area (Å²) in [6, 6.07) is 20.9. The number of benzene rings is 2. The molecule has 0 saturated heterocycles. The molecular formula is C23H17N5O2. The van der Waals surface area contributed by atoms with Gasteiger partial charge in [0.25, 0.3) is 0 Å². The molecule has 2 aromatic carbocycles. The average molecular weight is 395 g/mol. The van der Waals surface area contributed by atoms with Crippen LogP contribution in [0.1, 0.15) is 11.1 Å². The van der Waals surface area contributed by atoms with E-state index in [4.69, 9.17) is 15.3 Å². The molecule has 0 aliphatic carbocycles. The maximum absolute atomic E-state index is 13.1. The molecule has 4 aromatic rings. The number of hydrogen-bond donors (Lipinski definition) is 0. The lowest BCUT2D eigenvalue weighted by atomic mass is 9.97. The van der Waals surface area contributed by atoms with Gasteiger partial charge in [0, 0.05) is 5.56 Å². The van der Waals surface area contributed by atoms with E-state index < -0.39 is 5.69 Å². The molecule has 0 atom stereocenters. The van der Waals surface area contributed by atoms with Gasteiger partial charge in [-0.25, -0.2) is 9.20 Å². The van der Waals surface area contributed by atoms with Gasteiger partial charge in [-0.1, -0.05) is 42.0 Å². The number of hydrogen-bond acceptors (Lipinski definition) is 5. The fraction of sp³-hybridized carbons (Fsp3) is 0.130. The highest BCUT2D eigenvalue weighted by Gasteiger charge is 2.21. The Hall–Kier alpha value is -4.36. The molecule has 7 nitrogen and oxygen atoms in total. The summed E-state index contributed by atoms with van der Waals surface area (Å²) in [5, 5.41) is 22.5. The lowest BCUT2D eigenvalue weighted by Crippen LogP contribution is -2.22. The maximum Gasteiger partial charge on any atom is 0.351 e. The fourth-order valence-electron chi connectivity index (χ4n) is 3.41. The van der Waals surface area contributed by atoms with Crippen molar-refractivity contribution in [1.29, 1.82) is 10.5 Å². The number of fused-ring (bicyclic) bond motifs is 1. The van der Waals surface area contributed by atoms with E-state index in [0.717, 1.165) is 26.9 Å². The van der Waals surface area contributed by atoms with Crippen molar-refractivity contribution in [3.8, 4) is 40.3 Å². The van der Waals surface area contributed by atoms with Crippen LogP contribution in [0.5, 0.6) is 5.75 Å². The topological polar surface area (TPSA) is 96.1 Å². The smallest absolute Gasteiger partial charge is 0.351 e. The average Bonchev–Trinajstić information content (AvgIpc) is 3.10. The minimum absolute atomic E-state index is 0.163. The molecule has 0 radical (unpaired) electrons. The van der Waals surface area contributed by atoms with Crippen LogP contribution in [0, 0.1) is 29.6 Å². The third kappa shape index (κ3) is 3.09. The Balaban J connectivity index is 2.14. The Morgan fingerprint density at radius 1 is 1.03 bits per heavy atom. The molecule has 0 aliphatic rings. The number of methoxy groups -OCH3 is 1. The second-order valence-corrected chi connectivity index (χ2v) is 6.79. The normalized spacial score (nSPS) is 10.5. The number of nitrogens with zero attached hydrogens (tertiary/aromatic N) is 5. The monoisotopic (exact) mass is 395 g/mol. The second kappa shape index (κ2) is 7.57. The third-order valence-corrected chi connectivity index (χ3v) is 4.90. The molecular weight excluding hydrogens is 378 g/mol. The highest BCUT2D eigenvalue weighted by atomic mass is 16.5. The van der Waals surface area contributed by atoms with Crippen molar-refractivity contribution in [1.82, 2.24) is 14.2 Å². The van der Waals surface area contributed by atoms with Crippen LogP contribution in [0.2, 0.25) is 0 Å². The van der Waals surface area contributed by atoms with Crippen molar-refractivity contribution in [3.63, 3.8) is 0 Å². The number of rotatable bonds is 4. The van der Waals surface area contributed by atoms with E-state index in [-0.39, 0.29) is 6.54 Å². The van der Waals surface area contributed by atoms with Crippen LogP contribution in [-0.4, -0.2) is 21.3 Å². The van der Waals surface area contributed by atoms with Gasteiger partial charge in [-0.2, -0.15) is 15.2 Å². The Labute approximate surface area is 172 Å². The molecule has 2 heterocycles. The number of pyridine rings is 1. The summed E-state index contributed by atoms with van der Waals surface area (Å²) in [5.74, 6) is 0.416. The highest BCUT2D eigenvalue weighted by molar-refractivity contribution is 5.85. The predicted molar refractivity (Wildman–Crippen MR) is 112 cm³/mol. The molecule has 0 unspecified atom stereocenters. The van der Waals surface area contributed by atoms with Crippen molar-refractivity contribution in [2.45, 2.75) is 13.5 Å². The number of aryl methyl sites for hydroxylation is 1. The minimum Gasteiger partial charge on any atom is -0.493 e. The van der Waals surface area contributed by atoms with Gasteiger partial charge in [-0.05, 0) is 36.2 Å². The Morgan fingerprint density at radius 3 is 2.30 bits per heavy atom. The zero-order valence-corrected chi connectivity index (χ0v) is 16.5. The van der Waals surface area contributed by atoms with Gasteiger partial charge in [-0.3, -0.25) is 0 Å². The molecule has 0 aliphatic heterocycles. The molecule has 0 spiro atoms.